The van der Waals surface area contributed by atoms with E-state index in [1.165, 1.54) is 12.1 Å². The van der Waals surface area contributed by atoms with Gasteiger partial charge in [0, 0.05) is 12.2 Å². The summed E-state index contributed by atoms with van der Waals surface area (Å²) in [6.07, 6.45) is -4.52. The molecule has 1 heterocycles. The number of nitriles is 1. The van der Waals surface area contributed by atoms with Crippen LogP contribution < -0.4 is 4.90 Å². The van der Waals surface area contributed by atoms with Crippen molar-refractivity contribution in [3.8, 4) is 6.07 Å². The number of alkyl halides is 3. The SMILES string of the molecule is CC1(c2ccccc2)CN(c2ccc(C#N)cc2C(F)(F)F)CCO1. The first-order valence-corrected chi connectivity index (χ1v) is 7.89. The Balaban J connectivity index is 1.99. The first-order chi connectivity index (χ1) is 11.8. The number of ether oxygens (including phenoxy) is 1. The Hall–Kier alpha value is -2.52. The molecule has 25 heavy (non-hydrogen) atoms. The first kappa shape index (κ1) is 17.3. The van der Waals surface area contributed by atoms with E-state index in [-0.39, 0.29) is 11.3 Å². The largest absolute Gasteiger partial charge is 0.418 e. The van der Waals surface area contributed by atoms with E-state index in [0.717, 1.165) is 11.6 Å². The molecule has 0 spiro atoms. The second-order valence-electron chi connectivity index (χ2n) is 6.21. The molecule has 1 aliphatic rings. The molecule has 130 valence electrons. The standard InChI is InChI=1S/C19H17F3N2O/c1-18(15-5-3-2-4-6-15)13-24(9-10-25-18)17-8-7-14(12-23)11-16(17)19(20,21)22/h2-8,11H,9-10,13H2,1H3. The van der Waals surface area contributed by atoms with Gasteiger partial charge in [0.15, 0.2) is 0 Å². The molecule has 0 radical (unpaired) electrons. The van der Waals surface area contributed by atoms with Gasteiger partial charge in [0.25, 0.3) is 0 Å². The van der Waals surface area contributed by atoms with Gasteiger partial charge in [-0.15, -0.1) is 0 Å². The minimum absolute atomic E-state index is 0.00449. The maximum atomic E-state index is 13.5. The van der Waals surface area contributed by atoms with Gasteiger partial charge in [0.2, 0.25) is 0 Å². The second-order valence-corrected chi connectivity index (χ2v) is 6.21. The van der Waals surface area contributed by atoms with Crippen LogP contribution in [0, 0.1) is 11.3 Å². The van der Waals surface area contributed by atoms with Crippen LogP contribution in [0.3, 0.4) is 0 Å². The van der Waals surface area contributed by atoms with Crippen molar-refractivity contribution in [2.75, 3.05) is 24.6 Å². The monoisotopic (exact) mass is 346 g/mol. The van der Waals surface area contributed by atoms with Gasteiger partial charge in [-0.05, 0) is 30.7 Å². The topological polar surface area (TPSA) is 36.3 Å². The molecule has 3 rings (SSSR count). The molecule has 1 unspecified atom stereocenters. The molecular formula is C19H17F3N2O. The number of hydrogen-bond acceptors (Lipinski definition) is 3. The van der Waals surface area contributed by atoms with E-state index >= 15 is 0 Å². The molecule has 2 aromatic rings. The highest BCUT2D eigenvalue weighted by molar-refractivity contribution is 5.58. The van der Waals surface area contributed by atoms with Crippen LogP contribution in [0.4, 0.5) is 18.9 Å². The zero-order chi connectivity index (χ0) is 18.1. The van der Waals surface area contributed by atoms with Crippen LogP contribution in [0.2, 0.25) is 0 Å². The summed E-state index contributed by atoms with van der Waals surface area (Å²) in [6, 6.07) is 14.9. The number of nitrogens with zero attached hydrogens (tertiary/aromatic N) is 2. The molecule has 1 aliphatic heterocycles. The zero-order valence-electron chi connectivity index (χ0n) is 13.7. The van der Waals surface area contributed by atoms with E-state index in [0.29, 0.717) is 19.7 Å². The van der Waals surface area contributed by atoms with Gasteiger partial charge in [0.05, 0.1) is 30.3 Å². The summed E-state index contributed by atoms with van der Waals surface area (Å²) in [6.45, 7) is 2.86. The maximum Gasteiger partial charge on any atom is 0.418 e. The van der Waals surface area contributed by atoms with E-state index in [9.17, 15) is 13.2 Å². The summed E-state index contributed by atoms with van der Waals surface area (Å²) in [7, 11) is 0. The second kappa shape index (κ2) is 6.41. The highest BCUT2D eigenvalue weighted by atomic mass is 19.4. The van der Waals surface area contributed by atoms with Gasteiger partial charge >= 0.3 is 6.18 Å². The summed E-state index contributed by atoms with van der Waals surface area (Å²) in [5, 5.41) is 8.91. The van der Waals surface area contributed by atoms with Crippen LogP contribution >= 0.6 is 0 Å². The lowest BCUT2D eigenvalue weighted by molar-refractivity contribution is -0.137. The van der Waals surface area contributed by atoms with Gasteiger partial charge in [-0.1, -0.05) is 30.3 Å². The van der Waals surface area contributed by atoms with Crippen LogP contribution in [-0.2, 0) is 16.5 Å². The molecule has 6 heteroatoms. The highest BCUT2D eigenvalue weighted by Gasteiger charge is 2.39. The van der Waals surface area contributed by atoms with Crippen molar-refractivity contribution in [3.63, 3.8) is 0 Å². The van der Waals surface area contributed by atoms with E-state index in [4.69, 9.17) is 10.00 Å². The van der Waals surface area contributed by atoms with Crippen LogP contribution in [0.15, 0.2) is 48.5 Å². The molecule has 0 N–H and O–H groups in total. The van der Waals surface area contributed by atoms with Crippen molar-refractivity contribution in [2.24, 2.45) is 0 Å². The van der Waals surface area contributed by atoms with Gasteiger partial charge in [-0.2, -0.15) is 18.4 Å². The van der Waals surface area contributed by atoms with Crippen molar-refractivity contribution in [1.29, 1.82) is 5.26 Å². The molecule has 3 nitrogen and oxygen atoms in total. The summed E-state index contributed by atoms with van der Waals surface area (Å²) < 4.78 is 46.3. The van der Waals surface area contributed by atoms with Crippen molar-refractivity contribution in [1.82, 2.24) is 0 Å². The van der Waals surface area contributed by atoms with Crippen LogP contribution in [-0.4, -0.2) is 19.7 Å². The molecule has 0 amide bonds. The van der Waals surface area contributed by atoms with Crippen molar-refractivity contribution < 1.29 is 17.9 Å². The Morgan fingerprint density at radius 1 is 1.16 bits per heavy atom. The molecule has 1 atom stereocenters. The Morgan fingerprint density at radius 2 is 1.88 bits per heavy atom. The van der Waals surface area contributed by atoms with Crippen molar-refractivity contribution in [3.05, 3.63) is 65.2 Å². The number of rotatable bonds is 2. The molecule has 1 saturated heterocycles. The molecule has 0 bridgehead atoms. The molecule has 0 aromatic heterocycles. The summed E-state index contributed by atoms with van der Waals surface area (Å²) in [5.74, 6) is 0. The fraction of sp³-hybridized carbons (Fsp3) is 0.316. The van der Waals surface area contributed by atoms with Gasteiger partial charge in [0.1, 0.15) is 5.60 Å². The van der Waals surface area contributed by atoms with E-state index in [2.05, 4.69) is 0 Å². The first-order valence-electron chi connectivity index (χ1n) is 7.89. The number of hydrogen-bond donors (Lipinski definition) is 0. The van der Waals surface area contributed by atoms with E-state index in [1.807, 2.05) is 37.3 Å². The minimum Gasteiger partial charge on any atom is -0.367 e. The average Bonchev–Trinajstić information content (AvgIpc) is 2.61. The third-order valence-corrected chi connectivity index (χ3v) is 4.43. The summed E-state index contributed by atoms with van der Waals surface area (Å²) in [5.41, 5.74) is -0.492. The zero-order valence-corrected chi connectivity index (χ0v) is 13.7. The fourth-order valence-corrected chi connectivity index (χ4v) is 3.15. The number of anilines is 1. The Kier molecular flexibility index (Phi) is 4.44. The number of morpholine rings is 1. The molecular weight excluding hydrogens is 329 g/mol. The number of halogens is 3. The van der Waals surface area contributed by atoms with E-state index < -0.39 is 17.3 Å². The Bertz CT molecular complexity index is 799. The molecule has 0 aliphatic carbocycles. The third-order valence-electron chi connectivity index (χ3n) is 4.43. The lowest BCUT2D eigenvalue weighted by atomic mass is 9.93. The van der Waals surface area contributed by atoms with Gasteiger partial charge in [-0.25, -0.2) is 0 Å². The van der Waals surface area contributed by atoms with Crippen molar-refractivity contribution in [2.45, 2.75) is 18.7 Å². The minimum atomic E-state index is -4.52. The van der Waals surface area contributed by atoms with Crippen LogP contribution in [0.1, 0.15) is 23.6 Å². The summed E-state index contributed by atoms with van der Waals surface area (Å²) in [4.78, 5) is 1.68. The fourth-order valence-electron chi connectivity index (χ4n) is 3.15. The van der Waals surface area contributed by atoms with Gasteiger partial charge < -0.3 is 9.64 Å². The highest BCUT2D eigenvalue weighted by Crippen LogP contribution is 2.40. The number of benzene rings is 2. The predicted molar refractivity (Wildman–Crippen MR) is 88.1 cm³/mol. The Labute approximate surface area is 144 Å². The van der Waals surface area contributed by atoms with Crippen LogP contribution in [0.5, 0.6) is 0 Å². The quantitative estimate of drug-likeness (QED) is 0.812. The van der Waals surface area contributed by atoms with Gasteiger partial charge in [-0.3, -0.25) is 0 Å². The normalized spacial score (nSPS) is 21.0. The smallest absolute Gasteiger partial charge is 0.367 e. The molecule has 1 fully saturated rings. The molecule has 0 saturated carbocycles. The maximum absolute atomic E-state index is 13.5. The van der Waals surface area contributed by atoms with Crippen molar-refractivity contribution >= 4 is 5.69 Å². The summed E-state index contributed by atoms with van der Waals surface area (Å²) >= 11 is 0. The Morgan fingerprint density at radius 3 is 2.52 bits per heavy atom. The molecule has 2 aromatic carbocycles. The lowest BCUT2D eigenvalue weighted by Crippen LogP contribution is -2.48. The van der Waals surface area contributed by atoms with E-state index in [1.54, 1.807) is 11.0 Å². The third kappa shape index (κ3) is 3.47. The van der Waals surface area contributed by atoms with Crippen LogP contribution in [0.25, 0.3) is 0 Å². The predicted octanol–water partition coefficient (Wildman–Crippen LogP) is 4.33. The lowest BCUT2D eigenvalue weighted by Gasteiger charge is -2.42. The average molecular weight is 346 g/mol.